The normalized spacial score (nSPS) is 11.5. The highest BCUT2D eigenvalue weighted by molar-refractivity contribution is 9.10. The second-order valence-corrected chi connectivity index (χ2v) is 8.48. The predicted molar refractivity (Wildman–Crippen MR) is 101 cm³/mol. The summed E-state index contributed by atoms with van der Waals surface area (Å²) in [4.78, 5) is 21.3. The maximum atomic E-state index is 12.9. The Labute approximate surface area is 162 Å². The van der Waals surface area contributed by atoms with Crippen LogP contribution in [0, 0.1) is 0 Å². The van der Waals surface area contributed by atoms with E-state index in [9.17, 15) is 13.2 Å². The van der Waals surface area contributed by atoms with Crippen LogP contribution in [0.1, 0.15) is 10.4 Å². The summed E-state index contributed by atoms with van der Waals surface area (Å²) in [5, 5.41) is 1.27. The molecule has 0 aliphatic rings. The minimum atomic E-state index is -4.04. The lowest BCUT2D eigenvalue weighted by atomic mass is 10.2. The third-order valence-corrected chi connectivity index (χ3v) is 6.10. The van der Waals surface area contributed by atoms with E-state index >= 15 is 0 Å². The van der Waals surface area contributed by atoms with Gasteiger partial charge in [0.1, 0.15) is 0 Å². The number of anilines is 1. The van der Waals surface area contributed by atoms with Gasteiger partial charge < -0.3 is 0 Å². The number of sulfonamides is 1. The molecular formula is C15H13BrN4O4S2. The maximum absolute atomic E-state index is 12.9. The number of hydrogen-bond acceptors (Lipinski definition) is 7. The first-order valence-corrected chi connectivity index (χ1v) is 10.2. The summed E-state index contributed by atoms with van der Waals surface area (Å²) in [5.74, 6) is -0.499. The topological polar surface area (TPSA) is 101 Å². The molecule has 11 heteroatoms. The van der Waals surface area contributed by atoms with Crippen molar-refractivity contribution in [1.82, 2.24) is 14.4 Å². The fourth-order valence-corrected chi connectivity index (χ4v) is 4.49. The van der Waals surface area contributed by atoms with Gasteiger partial charge in [-0.25, -0.2) is 10.0 Å². The average molecular weight is 457 g/mol. The smallest absolute Gasteiger partial charge is 0.277 e. The lowest BCUT2D eigenvalue weighted by Gasteiger charge is -2.17. The van der Waals surface area contributed by atoms with Gasteiger partial charge in [0.05, 0.1) is 34.6 Å². The van der Waals surface area contributed by atoms with Crippen molar-refractivity contribution in [1.29, 1.82) is 0 Å². The number of benzene rings is 1. The number of carbonyl (C=O) groups is 1. The number of halogens is 1. The van der Waals surface area contributed by atoms with Gasteiger partial charge in [-0.15, -0.1) is 0 Å². The van der Waals surface area contributed by atoms with E-state index in [-0.39, 0.29) is 16.3 Å². The molecule has 2 heterocycles. The first kappa shape index (κ1) is 18.7. The van der Waals surface area contributed by atoms with Crippen LogP contribution in [-0.2, 0) is 14.9 Å². The fourth-order valence-electron chi connectivity index (χ4n) is 2.22. The van der Waals surface area contributed by atoms with E-state index in [1.807, 2.05) is 0 Å². The van der Waals surface area contributed by atoms with Gasteiger partial charge in [-0.05, 0) is 35.8 Å². The van der Waals surface area contributed by atoms with Crippen molar-refractivity contribution in [3.05, 3.63) is 46.7 Å². The molecule has 8 nitrogen and oxygen atoms in total. The predicted octanol–water partition coefficient (Wildman–Crippen LogP) is 2.89. The summed E-state index contributed by atoms with van der Waals surface area (Å²) in [6.45, 7) is 0. The van der Waals surface area contributed by atoms with Crippen LogP contribution in [-0.4, -0.2) is 42.9 Å². The molecule has 0 fully saturated rings. The average Bonchev–Trinajstić information content (AvgIpc) is 3.08. The van der Waals surface area contributed by atoms with Crippen molar-refractivity contribution < 1.29 is 18.0 Å². The molecule has 1 aromatic carbocycles. The van der Waals surface area contributed by atoms with Crippen LogP contribution in [0.4, 0.5) is 5.69 Å². The van der Waals surface area contributed by atoms with Gasteiger partial charge in [0.25, 0.3) is 15.9 Å². The Morgan fingerprint density at radius 2 is 2.12 bits per heavy atom. The zero-order valence-corrected chi connectivity index (χ0v) is 16.9. The van der Waals surface area contributed by atoms with Crippen molar-refractivity contribution in [2.45, 2.75) is 5.03 Å². The fraction of sp³-hybridized carbons (Fsp3) is 0.133. The van der Waals surface area contributed by atoms with Crippen LogP contribution in [0.2, 0.25) is 0 Å². The van der Waals surface area contributed by atoms with Gasteiger partial charge in [0.15, 0.2) is 5.03 Å². The van der Waals surface area contributed by atoms with E-state index in [4.69, 9.17) is 4.84 Å². The largest absolute Gasteiger partial charge is 0.280 e. The number of pyridine rings is 1. The number of aromatic nitrogens is 2. The molecule has 1 amide bonds. The molecule has 0 aliphatic heterocycles. The molecule has 2 aromatic heterocycles. The molecule has 3 rings (SSSR count). The quantitative estimate of drug-likeness (QED) is 0.592. The summed E-state index contributed by atoms with van der Waals surface area (Å²) in [7, 11) is -1.27. The van der Waals surface area contributed by atoms with E-state index < -0.39 is 15.9 Å². The molecule has 3 aromatic rings. The second kappa shape index (κ2) is 7.27. The van der Waals surface area contributed by atoms with Crippen LogP contribution in [0.15, 0.2) is 46.2 Å². The summed E-state index contributed by atoms with van der Waals surface area (Å²) < 4.78 is 33.5. The molecule has 0 radical (unpaired) electrons. The van der Waals surface area contributed by atoms with Crippen LogP contribution < -0.4 is 4.72 Å². The first-order valence-electron chi connectivity index (χ1n) is 7.17. The van der Waals surface area contributed by atoms with E-state index in [0.29, 0.717) is 14.6 Å². The Hall–Kier alpha value is -2.08. The van der Waals surface area contributed by atoms with Gasteiger partial charge in [-0.1, -0.05) is 15.9 Å². The number of amides is 1. The molecule has 1 N–H and O–H groups in total. The molecule has 0 spiro atoms. The zero-order valence-electron chi connectivity index (χ0n) is 13.6. The molecule has 0 bridgehead atoms. The zero-order chi connectivity index (χ0) is 18.9. The number of fused-ring (bicyclic) bond motifs is 1. The number of hydroxylamine groups is 2. The number of nitrogens with one attached hydrogen (secondary N) is 1. The summed E-state index contributed by atoms with van der Waals surface area (Å²) in [6, 6.07) is 6.32. The number of hydrogen-bond donors (Lipinski definition) is 1. The number of nitrogens with zero attached hydrogens (tertiary/aromatic N) is 3. The molecule has 0 unspecified atom stereocenters. The lowest BCUT2D eigenvalue weighted by molar-refractivity contribution is -0.0756. The third-order valence-electron chi connectivity index (χ3n) is 3.52. The summed E-state index contributed by atoms with van der Waals surface area (Å²) >= 11 is 4.46. The van der Waals surface area contributed by atoms with Gasteiger partial charge in [-0.3, -0.25) is 14.4 Å². The monoisotopic (exact) mass is 456 g/mol. The second-order valence-electron chi connectivity index (χ2n) is 5.13. The number of carbonyl (C=O) groups excluding carboxylic acids is 1. The van der Waals surface area contributed by atoms with Gasteiger partial charge in [0.2, 0.25) is 0 Å². The van der Waals surface area contributed by atoms with Crippen molar-refractivity contribution in [3.8, 4) is 0 Å². The highest BCUT2D eigenvalue weighted by atomic mass is 79.9. The van der Waals surface area contributed by atoms with Crippen LogP contribution in [0.3, 0.4) is 0 Å². The molecule has 0 atom stereocenters. The number of rotatable bonds is 5. The van der Waals surface area contributed by atoms with Gasteiger partial charge in [0, 0.05) is 17.7 Å². The van der Waals surface area contributed by atoms with E-state index in [0.717, 1.165) is 5.06 Å². The Balaban J connectivity index is 2.07. The Kier molecular flexibility index (Phi) is 5.23. The van der Waals surface area contributed by atoms with Crippen LogP contribution in [0.25, 0.3) is 10.1 Å². The Bertz CT molecular complexity index is 1080. The minimum absolute atomic E-state index is 0.107. The molecule has 0 saturated carbocycles. The standard InChI is InChI=1S/C15H13BrN4O4S2/c1-20(24-2)15(21)10-4-3-9(16)7-12(10)19-26(22,23)14-11-8-18-25-13(11)5-6-17-14/h3-8,19H,1-2H3. The van der Waals surface area contributed by atoms with Gasteiger partial charge in [-0.2, -0.15) is 12.8 Å². The van der Waals surface area contributed by atoms with E-state index in [1.54, 1.807) is 12.1 Å². The van der Waals surface area contributed by atoms with Crippen molar-refractivity contribution >= 4 is 59.2 Å². The highest BCUT2D eigenvalue weighted by Gasteiger charge is 2.24. The summed E-state index contributed by atoms with van der Waals surface area (Å²) in [5.41, 5.74) is 0.243. The molecule has 0 aliphatic carbocycles. The van der Waals surface area contributed by atoms with Crippen molar-refractivity contribution in [3.63, 3.8) is 0 Å². The van der Waals surface area contributed by atoms with Crippen molar-refractivity contribution in [2.24, 2.45) is 0 Å². The maximum Gasteiger partial charge on any atom is 0.280 e. The first-order chi connectivity index (χ1) is 12.3. The van der Waals surface area contributed by atoms with E-state index in [2.05, 4.69) is 30.0 Å². The molecule has 26 heavy (non-hydrogen) atoms. The molecule has 0 saturated heterocycles. The third kappa shape index (κ3) is 3.56. The Morgan fingerprint density at radius 1 is 1.35 bits per heavy atom. The van der Waals surface area contributed by atoms with E-state index in [1.165, 1.54) is 50.2 Å². The summed E-state index contributed by atoms with van der Waals surface area (Å²) in [6.07, 6.45) is 2.86. The highest BCUT2D eigenvalue weighted by Crippen LogP contribution is 2.28. The van der Waals surface area contributed by atoms with Gasteiger partial charge >= 0.3 is 0 Å². The lowest BCUT2D eigenvalue weighted by Crippen LogP contribution is -2.27. The molecular weight excluding hydrogens is 444 g/mol. The minimum Gasteiger partial charge on any atom is -0.277 e. The SMILES string of the molecule is CON(C)C(=O)c1ccc(Br)cc1NS(=O)(=O)c1nccc2sncc12. The van der Waals surface area contributed by atoms with Crippen LogP contribution in [0.5, 0.6) is 0 Å². The van der Waals surface area contributed by atoms with Crippen molar-refractivity contribution in [2.75, 3.05) is 18.9 Å². The Morgan fingerprint density at radius 3 is 2.85 bits per heavy atom. The van der Waals surface area contributed by atoms with Crippen LogP contribution >= 0.6 is 27.5 Å². The molecule has 136 valence electrons.